The second kappa shape index (κ2) is 8.62. The molecule has 3 aromatic rings. The number of fused-ring (bicyclic) bond motifs is 1. The standard InChI is InChI=1S/C23H21ClN4O3/c1-3-29-15-9-10-16(18(11-15)30-4-2)21-20-19(13-5-7-14(24)8-6-13)17(12-25)22(26)31-23(20)28-27-21/h5-11,19H,3-4,26H2,1-2H3,(H,27,28)/t19-/m1/s1. The molecule has 0 aliphatic carbocycles. The van der Waals surface area contributed by atoms with E-state index in [0.717, 1.165) is 11.1 Å². The molecular formula is C23H21ClN4O3. The Morgan fingerprint density at radius 3 is 2.58 bits per heavy atom. The molecule has 2 aromatic carbocycles. The van der Waals surface area contributed by atoms with Crippen LogP contribution in [0.4, 0.5) is 0 Å². The van der Waals surface area contributed by atoms with E-state index in [1.807, 2.05) is 44.2 Å². The molecule has 0 saturated heterocycles. The zero-order valence-corrected chi connectivity index (χ0v) is 17.9. The molecule has 1 atom stereocenters. The number of nitrogens with two attached hydrogens (primary N) is 1. The number of ether oxygens (including phenoxy) is 3. The van der Waals surface area contributed by atoms with E-state index in [-0.39, 0.29) is 5.88 Å². The van der Waals surface area contributed by atoms with Crippen molar-refractivity contribution >= 4 is 11.6 Å². The fraction of sp³-hybridized carbons (Fsp3) is 0.217. The quantitative estimate of drug-likeness (QED) is 0.577. The Kier molecular flexibility index (Phi) is 5.74. The van der Waals surface area contributed by atoms with Crippen molar-refractivity contribution in [3.05, 3.63) is 70.1 Å². The molecule has 0 saturated carbocycles. The lowest BCUT2D eigenvalue weighted by Crippen LogP contribution is -2.21. The first-order chi connectivity index (χ1) is 15.1. The summed E-state index contributed by atoms with van der Waals surface area (Å²) in [5, 5.41) is 17.8. The van der Waals surface area contributed by atoms with Gasteiger partial charge in [-0.1, -0.05) is 23.7 Å². The van der Waals surface area contributed by atoms with Crippen LogP contribution in [0.15, 0.2) is 53.9 Å². The molecule has 8 heteroatoms. The lowest BCUT2D eigenvalue weighted by Gasteiger charge is -2.24. The second-order valence-corrected chi connectivity index (χ2v) is 7.25. The lowest BCUT2D eigenvalue weighted by molar-refractivity contribution is 0.324. The minimum absolute atomic E-state index is 0.0322. The average Bonchev–Trinajstić information content (AvgIpc) is 3.17. The molecule has 2 heterocycles. The zero-order valence-electron chi connectivity index (χ0n) is 17.1. The van der Waals surface area contributed by atoms with Crippen LogP contribution in [0.25, 0.3) is 11.3 Å². The summed E-state index contributed by atoms with van der Waals surface area (Å²) >= 11 is 6.08. The predicted molar refractivity (Wildman–Crippen MR) is 117 cm³/mol. The number of benzene rings is 2. The van der Waals surface area contributed by atoms with Crippen LogP contribution >= 0.6 is 11.6 Å². The molecule has 4 rings (SSSR count). The smallest absolute Gasteiger partial charge is 0.244 e. The molecule has 0 fully saturated rings. The van der Waals surface area contributed by atoms with Crippen molar-refractivity contribution in [2.24, 2.45) is 5.73 Å². The van der Waals surface area contributed by atoms with Gasteiger partial charge in [0, 0.05) is 16.7 Å². The van der Waals surface area contributed by atoms with Crippen LogP contribution in [-0.4, -0.2) is 23.4 Å². The summed E-state index contributed by atoms with van der Waals surface area (Å²) in [6.45, 7) is 4.86. The van der Waals surface area contributed by atoms with Gasteiger partial charge >= 0.3 is 0 Å². The number of H-pyrrole nitrogens is 1. The van der Waals surface area contributed by atoms with Crippen molar-refractivity contribution in [2.75, 3.05) is 13.2 Å². The third kappa shape index (κ3) is 3.78. The van der Waals surface area contributed by atoms with Gasteiger partial charge in [0.1, 0.15) is 23.1 Å². The van der Waals surface area contributed by atoms with Crippen molar-refractivity contribution in [3.63, 3.8) is 0 Å². The Morgan fingerprint density at radius 1 is 1.16 bits per heavy atom. The maximum atomic E-state index is 9.84. The number of nitrogens with zero attached hydrogens (tertiary/aromatic N) is 2. The minimum Gasteiger partial charge on any atom is -0.494 e. The zero-order chi connectivity index (χ0) is 22.0. The van der Waals surface area contributed by atoms with Crippen molar-refractivity contribution in [1.82, 2.24) is 10.2 Å². The molecule has 0 spiro atoms. The maximum Gasteiger partial charge on any atom is 0.244 e. The molecule has 7 nitrogen and oxygen atoms in total. The number of hydrogen-bond donors (Lipinski definition) is 2. The number of rotatable bonds is 6. The minimum atomic E-state index is -0.471. The van der Waals surface area contributed by atoms with Crippen LogP contribution in [0.3, 0.4) is 0 Å². The Morgan fingerprint density at radius 2 is 1.90 bits per heavy atom. The van der Waals surface area contributed by atoms with Crippen LogP contribution in [-0.2, 0) is 0 Å². The fourth-order valence-corrected chi connectivity index (χ4v) is 3.81. The molecule has 0 bridgehead atoms. The van der Waals surface area contributed by atoms with Crippen LogP contribution in [0, 0.1) is 11.3 Å². The highest BCUT2D eigenvalue weighted by atomic mass is 35.5. The first-order valence-corrected chi connectivity index (χ1v) is 10.3. The highest BCUT2D eigenvalue weighted by Crippen LogP contribution is 2.47. The van der Waals surface area contributed by atoms with Gasteiger partial charge in [0.2, 0.25) is 11.8 Å². The summed E-state index contributed by atoms with van der Waals surface area (Å²) in [5.74, 6) is 1.22. The summed E-state index contributed by atoms with van der Waals surface area (Å²) in [5.41, 5.74) is 9.37. The molecule has 158 valence electrons. The predicted octanol–water partition coefficient (Wildman–Crippen LogP) is 4.75. The molecule has 0 unspecified atom stereocenters. The number of nitriles is 1. The number of nitrogens with one attached hydrogen (secondary N) is 1. The topological polar surface area (TPSA) is 106 Å². The Balaban J connectivity index is 1.91. The van der Waals surface area contributed by atoms with E-state index in [9.17, 15) is 5.26 Å². The van der Waals surface area contributed by atoms with Crippen LogP contribution in [0.5, 0.6) is 17.4 Å². The summed E-state index contributed by atoms with van der Waals surface area (Å²) in [4.78, 5) is 0. The molecule has 0 amide bonds. The van der Waals surface area contributed by atoms with Gasteiger partial charge in [-0.3, -0.25) is 5.10 Å². The molecule has 1 aliphatic heterocycles. The first-order valence-electron chi connectivity index (χ1n) is 9.88. The van der Waals surface area contributed by atoms with E-state index in [0.29, 0.717) is 52.4 Å². The number of aromatic nitrogens is 2. The SMILES string of the molecule is CCOc1ccc(-c2[nH]nc3c2[C@H](c2ccc(Cl)cc2)C(C#N)=C(N)O3)c(OCC)c1. The van der Waals surface area contributed by atoms with Gasteiger partial charge in [-0.2, -0.15) is 5.26 Å². The van der Waals surface area contributed by atoms with Gasteiger partial charge in [0.25, 0.3) is 0 Å². The van der Waals surface area contributed by atoms with Gasteiger partial charge in [0.15, 0.2) is 0 Å². The third-order valence-electron chi connectivity index (χ3n) is 4.98. The highest BCUT2D eigenvalue weighted by Gasteiger charge is 2.36. The van der Waals surface area contributed by atoms with E-state index in [4.69, 9.17) is 31.5 Å². The molecule has 31 heavy (non-hydrogen) atoms. The molecule has 1 aliphatic rings. The molecular weight excluding hydrogens is 416 g/mol. The number of allylic oxidation sites excluding steroid dienone is 1. The second-order valence-electron chi connectivity index (χ2n) is 6.82. The lowest BCUT2D eigenvalue weighted by atomic mass is 9.83. The molecule has 3 N–H and O–H groups in total. The van der Waals surface area contributed by atoms with Crippen LogP contribution in [0.2, 0.25) is 5.02 Å². The van der Waals surface area contributed by atoms with Gasteiger partial charge in [-0.25, -0.2) is 0 Å². The summed E-state index contributed by atoms with van der Waals surface area (Å²) in [7, 11) is 0. The van der Waals surface area contributed by atoms with Crippen LogP contribution < -0.4 is 19.9 Å². The molecule has 1 aromatic heterocycles. The van der Waals surface area contributed by atoms with E-state index < -0.39 is 5.92 Å². The van der Waals surface area contributed by atoms with Crippen molar-refractivity contribution in [3.8, 4) is 34.7 Å². The summed E-state index contributed by atoms with van der Waals surface area (Å²) < 4.78 is 17.2. The number of hydrogen-bond acceptors (Lipinski definition) is 6. The van der Waals surface area contributed by atoms with E-state index in [1.54, 1.807) is 12.1 Å². The van der Waals surface area contributed by atoms with Gasteiger partial charge in [-0.05, 0) is 43.7 Å². The van der Waals surface area contributed by atoms with Gasteiger partial charge in [0.05, 0.1) is 30.4 Å². The Bertz CT molecular complexity index is 1180. The first kappa shape index (κ1) is 20.6. The third-order valence-corrected chi connectivity index (χ3v) is 5.23. The monoisotopic (exact) mass is 436 g/mol. The van der Waals surface area contributed by atoms with Crippen molar-refractivity contribution in [1.29, 1.82) is 5.26 Å². The van der Waals surface area contributed by atoms with Gasteiger partial charge in [-0.15, -0.1) is 5.10 Å². The number of aromatic amines is 1. The van der Waals surface area contributed by atoms with Crippen molar-refractivity contribution in [2.45, 2.75) is 19.8 Å². The highest BCUT2D eigenvalue weighted by molar-refractivity contribution is 6.30. The largest absolute Gasteiger partial charge is 0.494 e. The summed E-state index contributed by atoms with van der Waals surface area (Å²) in [6, 6.07) is 15.1. The molecule has 0 radical (unpaired) electrons. The van der Waals surface area contributed by atoms with E-state index in [2.05, 4.69) is 16.3 Å². The Hall–Kier alpha value is -3.63. The summed E-state index contributed by atoms with van der Waals surface area (Å²) in [6.07, 6.45) is 0. The van der Waals surface area contributed by atoms with Crippen molar-refractivity contribution < 1.29 is 14.2 Å². The average molecular weight is 437 g/mol. The number of halogens is 1. The van der Waals surface area contributed by atoms with Crippen LogP contribution in [0.1, 0.15) is 30.9 Å². The maximum absolute atomic E-state index is 9.84. The normalized spacial score (nSPS) is 15.1. The van der Waals surface area contributed by atoms with E-state index in [1.165, 1.54) is 0 Å². The van der Waals surface area contributed by atoms with E-state index >= 15 is 0 Å². The van der Waals surface area contributed by atoms with Gasteiger partial charge < -0.3 is 19.9 Å². The Labute approximate surface area is 185 Å². The fourth-order valence-electron chi connectivity index (χ4n) is 3.68.